The van der Waals surface area contributed by atoms with Crippen LogP contribution in [-0.4, -0.2) is 104 Å². The topological polar surface area (TPSA) is 81.2 Å². The number of amides is 2. The average molecular weight is 387 g/mol. The fourth-order valence-electron chi connectivity index (χ4n) is 4.15. The minimum atomic E-state index is -3.20. The van der Waals surface area contributed by atoms with Gasteiger partial charge in [-0.1, -0.05) is 6.42 Å². The van der Waals surface area contributed by atoms with E-state index in [-0.39, 0.29) is 24.4 Å². The Kier molecular flexibility index (Phi) is 6.19. The van der Waals surface area contributed by atoms with Gasteiger partial charge in [-0.05, 0) is 32.2 Å². The summed E-state index contributed by atoms with van der Waals surface area (Å²) in [5.74, 6) is 0.177. The number of hydrogen-bond donors (Lipinski definition) is 0. The number of nitrogens with zero attached hydrogens (tertiary/aromatic N) is 4. The zero-order valence-electron chi connectivity index (χ0n) is 15.6. The molecule has 0 aromatic carbocycles. The van der Waals surface area contributed by atoms with Gasteiger partial charge in [0.25, 0.3) is 0 Å². The highest BCUT2D eigenvalue weighted by atomic mass is 32.2. The maximum absolute atomic E-state index is 12.8. The van der Waals surface area contributed by atoms with Crippen LogP contribution in [-0.2, 0) is 19.6 Å². The standard InChI is InChI=1S/C17H30N4O4S/c1-26(24,25)21-12-10-18(11-13-21)16(22)14-20-9-3-2-6-15(20)17(23)19-7-4-5-8-19/h15H,2-14H2,1H3. The van der Waals surface area contributed by atoms with E-state index in [0.717, 1.165) is 51.7 Å². The molecule has 0 radical (unpaired) electrons. The van der Waals surface area contributed by atoms with Crippen LogP contribution in [0.25, 0.3) is 0 Å². The Morgan fingerprint density at radius 2 is 1.46 bits per heavy atom. The Morgan fingerprint density at radius 1 is 0.846 bits per heavy atom. The van der Waals surface area contributed by atoms with Gasteiger partial charge in [-0.3, -0.25) is 14.5 Å². The predicted molar refractivity (Wildman–Crippen MR) is 98.0 cm³/mol. The molecule has 0 aromatic rings. The molecule has 3 heterocycles. The van der Waals surface area contributed by atoms with Crippen molar-refractivity contribution in [3.63, 3.8) is 0 Å². The summed E-state index contributed by atoms with van der Waals surface area (Å²) in [6.45, 7) is 4.24. The highest BCUT2D eigenvalue weighted by Gasteiger charge is 2.35. The molecule has 1 unspecified atom stereocenters. The van der Waals surface area contributed by atoms with Crippen molar-refractivity contribution < 1.29 is 18.0 Å². The molecular weight excluding hydrogens is 356 g/mol. The van der Waals surface area contributed by atoms with Crippen LogP contribution in [0, 0.1) is 0 Å². The molecule has 3 rings (SSSR count). The summed E-state index contributed by atoms with van der Waals surface area (Å²) in [5, 5.41) is 0. The van der Waals surface area contributed by atoms with Crippen LogP contribution in [0.2, 0.25) is 0 Å². The first-order chi connectivity index (χ1) is 12.4. The third-order valence-corrected chi connectivity index (χ3v) is 7.02. The maximum atomic E-state index is 12.8. The van der Waals surface area contributed by atoms with Crippen molar-refractivity contribution in [2.45, 2.75) is 38.1 Å². The van der Waals surface area contributed by atoms with Crippen molar-refractivity contribution in [2.24, 2.45) is 0 Å². The molecule has 0 N–H and O–H groups in total. The molecular formula is C17H30N4O4S. The van der Waals surface area contributed by atoms with Crippen molar-refractivity contribution in [3.8, 4) is 0 Å². The quantitative estimate of drug-likeness (QED) is 0.655. The lowest BCUT2D eigenvalue weighted by Gasteiger charge is -2.38. The third-order valence-electron chi connectivity index (χ3n) is 5.72. The molecule has 8 nitrogen and oxygen atoms in total. The number of piperazine rings is 1. The number of piperidine rings is 1. The number of hydrogen-bond acceptors (Lipinski definition) is 5. The summed E-state index contributed by atoms with van der Waals surface area (Å²) < 4.78 is 24.6. The molecule has 1 atom stereocenters. The SMILES string of the molecule is CS(=O)(=O)N1CCN(C(=O)CN2CCCCC2C(=O)N2CCCC2)CC1. The number of rotatable bonds is 4. The Bertz CT molecular complexity index is 625. The molecule has 0 aliphatic carbocycles. The first-order valence-corrected chi connectivity index (χ1v) is 11.5. The zero-order chi connectivity index (χ0) is 18.7. The third kappa shape index (κ3) is 4.55. The van der Waals surface area contributed by atoms with Gasteiger partial charge in [0, 0.05) is 39.3 Å². The van der Waals surface area contributed by atoms with Gasteiger partial charge in [0.05, 0.1) is 18.8 Å². The minimum Gasteiger partial charge on any atom is -0.341 e. The lowest BCUT2D eigenvalue weighted by molar-refractivity contribution is -0.141. The monoisotopic (exact) mass is 386 g/mol. The van der Waals surface area contributed by atoms with E-state index >= 15 is 0 Å². The van der Waals surface area contributed by atoms with E-state index in [1.807, 2.05) is 9.80 Å². The molecule has 3 fully saturated rings. The van der Waals surface area contributed by atoms with Crippen molar-refractivity contribution >= 4 is 21.8 Å². The van der Waals surface area contributed by atoms with Gasteiger partial charge in [0.1, 0.15) is 0 Å². The zero-order valence-corrected chi connectivity index (χ0v) is 16.4. The van der Waals surface area contributed by atoms with Crippen LogP contribution in [0.5, 0.6) is 0 Å². The summed E-state index contributed by atoms with van der Waals surface area (Å²) in [7, 11) is -3.20. The number of sulfonamides is 1. The molecule has 9 heteroatoms. The fourth-order valence-corrected chi connectivity index (χ4v) is 4.98. The van der Waals surface area contributed by atoms with Gasteiger partial charge in [-0.15, -0.1) is 0 Å². The van der Waals surface area contributed by atoms with Crippen molar-refractivity contribution in [1.29, 1.82) is 0 Å². The summed E-state index contributed by atoms with van der Waals surface area (Å²) >= 11 is 0. The Balaban J connectivity index is 1.56. The van der Waals surface area contributed by atoms with Crippen molar-refractivity contribution in [3.05, 3.63) is 0 Å². The molecule has 26 heavy (non-hydrogen) atoms. The number of likely N-dealkylation sites (tertiary alicyclic amines) is 2. The normalized spacial score (nSPS) is 26.3. The first-order valence-electron chi connectivity index (χ1n) is 9.62. The van der Waals surface area contributed by atoms with Gasteiger partial charge in [0.15, 0.2) is 0 Å². The summed E-state index contributed by atoms with van der Waals surface area (Å²) in [6.07, 6.45) is 6.21. The van der Waals surface area contributed by atoms with E-state index in [9.17, 15) is 18.0 Å². The highest BCUT2D eigenvalue weighted by Crippen LogP contribution is 2.21. The smallest absolute Gasteiger partial charge is 0.239 e. The Morgan fingerprint density at radius 3 is 2.08 bits per heavy atom. The van der Waals surface area contributed by atoms with E-state index < -0.39 is 10.0 Å². The molecule has 0 saturated carbocycles. The Hall–Kier alpha value is -1.19. The second kappa shape index (κ2) is 8.22. The molecule has 0 spiro atoms. The van der Waals surface area contributed by atoms with Gasteiger partial charge in [-0.25, -0.2) is 8.42 Å². The van der Waals surface area contributed by atoms with Gasteiger partial charge >= 0.3 is 0 Å². The molecule has 0 bridgehead atoms. The van der Waals surface area contributed by atoms with E-state index in [2.05, 4.69) is 0 Å². The van der Waals surface area contributed by atoms with Crippen LogP contribution in [0.1, 0.15) is 32.1 Å². The Labute approximate surface area is 156 Å². The van der Waals surface area contributed by atoms with Crippen LogP contribution in [0.4, 0.5) is 0 Å². The van der Waals surface area contributed by atoms with Crippen LogP contribution < -0.4 is 0 Å². The minimum absolute atomic E-state index is 0.000673. The van der Waals surface area contributed by atoms with Gasteiger partial charge in [0.2, 0.25) is 21.8 Å². The molecule has 3 aliphatic rings. The molecule has 3 saturated heterocycles. The van der Waals surface area contributed by atoms with Gasteiger partial charge in [-0.2, -0.15) is 4.31 Å². The maximum Gasteiger partial charge on any atom is 0.239 e. The summed E-state index contributed by atoms with van der Waals surface area (Å²) in [5.41, 5.74) is 0. The van der Waals surface area contributed by atoms with E-state index in [1.54, 1.807) is 4.90 Å². The van der Waals surface area contributed by atoms with Crippen LogP contribution in [0.15, 0.2) is 0 Å². The summed E-state index contributed by atoms with van der Waals surface area (Å²) in [6, 6.07) is -0.178. The second-order valence-electron chi connectivity index (χ2n) is 7.56. The average Bonchev–Trinajstić information content (AvgIpc) is 3.15. The van der Waals surface area contributed by atoms with Crippen molar-refractivity contribution in [2.75, 3.05) is 58.6 Å². The summed E-state index contributed by atoms with van der Waals surface area (Å²) in [4.78, 5) is 31.2. The first kappa shape index (κ1) is 19.6. The lowest BCUT2D eigenvalue weighted by Crippen LogP contribution is -2.56. The number of carbonyl (C=O) groups is 2. The highest BCUT2D eigenvalue weighted by molar-refractivity contribution is 7.88. The lowest BCUT2D eigenvalue weighted by atomic mass is 10.0. The number of carbonyl (C=O) groups excluding carboxylic acids is 2. The predicted octanol–water partition coefficient (Wildman–Crippen LogP) is -0.433. The molecule has 2 amide bonds. The molecule has 0 aromatic heterocycles. The fraction of sp³-hybridized carbons (Fsp3) is 0.882. The van der Waals surface area contributed by atoms with Crippen LogP contribution in [0.3, 0.4) is 0 Å². The van der Waals surface area contributed by atoms with Gasteiger partial charge < -0.3 is 9.80 Å². The largest absolute Gasteiger partial charge is 0.341 e. The van der Waals surface area contributed by atoms with Crippen LogP contribution >= 0.6 is 0 Å². The van der Waals surface area contributed by atoms with E-state index in [0.29, 0.717) is 26.2 Å². The van der Waals surface area contributed by atoms with Crippen molar-refractivity contribution in [1.82, 2.24) is 19.0 Å². The van der Waals surface area contributed by atoms with E-state index in [4.69, 9.17) is 0 Å². The second-order valence-corrected chi connectivity index (χ2v) is 9.54. The molecule has 3 aliphatic heterocycles. The molecule has 148 valence electrons. The van der Waals surface area contributed by atoms with E-state index in [1.165, 1.54) is 10.6 Å².